The molecule has 0 fully saturated rings. The molecule has 0 bridgehead atoms. The van der Waals surface area contributed by atoms with E-state index in [-0.39, 0.29) is 38.2 Å². The number of hydrogen-bond donors (Lipinski definition) is 3. The molecule has 154 valence electrons. The average Bonchev–Trinajstić information content (AvgIpc) is 2.67. The second kappa shape index (κ2) is 12.4. The van der Waals surface area contributed by atoms with Gasteiger partial charge in [-0.1, -0.05) is 30.3 Å². The molecule has 9 nitrogen and oxygen atoms in total. The Bertz CT molecular complexity index is 664. The molecule has 0 saturated carbocycles. The van der Waals surface area contributed by atoms with Crippen molar-refractivity contribution in [2.75, 3.05) is 13.7 Å². The summed E-state index contributed by atoms with van der Waals surface area (Å²) in [6.45, 7) is 1.26. The van der Waals surface area contributed by atoms with Crippen LogP contribution in [0.2, 0.25) is 0 Å². The number of amides is 2. The number of nitrogens with one attached hydrogen (secondary N) is 2. The van der Waals surface area contributed by atoms with Crippen molar-refractivity contribution in [3.8, 4) is 0 Å². The van der Waals surface area contributed by atoms with Crippen molar-refractivity contribution in [2.45, 2.75) is 44.9 Å². The standard InChI is InChI=1S/C19H26N2O7/c1-13(22)8-9-16(18(25)27-2)21-17(24)10-15(23)11-20-19(26)28-12-14-6-4-3-5-7-14/h3-7,15-16,23H,8-12H2,1-2H3,(H,20,26)(H,21,24)/t15-,16+/m0/s1. The predicted octanol–water partition coefficient (Wildman–Crippen LogP) is 0.691. The van der Waals surface area contributed by atoms with Crippen LogP contribution in [0.3, 0.4) is 0 Å². The zero-order valence-electron chi connectivity index (χ0n) is 16.0. The van der Waals surface area contributed by atoms with E-state index in [0.717, 1.165) is 5.56 Å². The maximum atomic E-state index is 12.0. The Morgan fingerprint density at radius 3 is 2.43 bits per heavy atom. The number of methoxy groups -OCH3 is 1. The number of alkyl carbamates (subject to hydrolysis) is 1. The number of esters is 1. The molecule has 0 unspecified atom stereocenters. The van der Waals surface area contributed by atoms with Gasteiger partial charge in [-0.3, -0.25) is 4.79 Å². The van der Waals surface area contributed by atoms with E-state index in [1.54, 1.807) is 12.1 Å². The molecular formula is C19H26N2O7. The summed E-state index contributed by atoms with van der Waals surface area (Å²) >= 11 is 0. The summed E-state index contributed by atoms with van der Waals surface area (Å²) in [5.74, 6) is -1.40. The number of benzene rings is 1. The number of aliphatic hydroxyl groups excluding tert-OH is 1. The van der Waals surface area contributed by atoms with Gasteiger partial charge in [-0.2, -0.15) is 0 Å². The van der Waals surface area contributed by atoms with E-state index in [1.807, 2.05) is 18.2 Å². The highest BCUT2D eigenvalue weighted by Gasteiger charge is 2.23. The fraction of sp³-hybridized carbons (Fsp3) is 0.474. The molecule has 28 heavy (non-hydrogen) atoms. The maximum absolute atomic E-state index is 12.0. The van der Waals surface area contributed by atoms with Gasteiger partial charge in [-0.05, 0) is 18.9 Å². The normalized spacial score (nSPS) is 12.4. The lowest BCUT2D eigenvalue weighted by molar-refractivity contribution is -0.145. The molecular weight excluding hydrogens is 368 g/mol. The van der Waals surface area contributed by atoms with Gasteiger partial charge in [0, 0.05) is 13.0 Å². The summed E-state index contributed by atoms with van der Waals surface area (Å²) in [4.78, 5) is 46.3. The molecule has 0 radical (unpaired) electrons. The van der Waals surface area contributed by atoms with Gasteiger partial charge in [0.15, 0.2) is 0 Å². The Hall–Kier alpha value is -2.94. The molecule has 2 atom stereocenters. The van der Waals surface area contributed by atoms with Crippen molar-refractivity contribution in [2.24, 2.45) is 0 Å². The van der Waals surface area contributed by atoms with Crippen molar-refractivity contribution in [1.29, 1.82) is 0 Å². The number of ketones is 1. The minimum absolute atomic E-state index is 0.0835. The van der Waals surface area contributed by atoms with Crippen molar-refractivity contribution < 1.29 is 33.8 Å². The molecule has 1 aromatic rings. The Labute approximate surface area is 163 Å². The van der Waals surface area contributed by atoms with E-state index in [0.29, 0.717) is 0 Å². The van der Waals surface area contributed by atoms with Crippen LogP contribution >= 0.6 is 0 Å². The van der Waals surface area contributed by atoms with Crippen LogP contribution in [0.15, 0.2) is 30.3 Å². The van der Waals surface area contributed by atoms with E-state index in [1.165, 1.54) is 14.0 Å². The van der Waals surface area contributed by atoms with Crippen LogP contribution in [-0.4, -0.2) is 54.7 Å². The molecule has 0 saturated heterocycles. The number of Topliss-reactive ketones (excluding diaryl/α,β-unsaturated/α-hetero) is 1. The third-order valence-electron chi connectivity index (χ3n) is 3.72. The van der Waals surface area contributed by atoms with Crippen molar-refractivity contribution in [3.05, 3.63) is 35.9 Å². The second-order valence-electron chi connectivity index (χ2n) is 6.18. The number of carbonyl (C=O) groups excluding carboxylic acids is 4. The first-order valence-electron chi connectivity index (χ1n) is 8.81. The van der Waals surface area contributed by atoms with Crippen LogP contribution in [0.1, 0.15) is 31.7 Å². The lowest BCUT2D eigenvalue weighted by Gasteiger charge is -2.17. The van der Waals surface area contributed by atoms with E-state index in [4.69, 9.17) is 4.74 Å². The van der Waals surface area contributed by atoms with Crippen molar-refractivity contribution in [1.82, 2.24) is 10.6 Å². The van der Waals surface area contributed by atoms with Crippen LogP contribution < -0.4 is 10.6 Å². The van der Waals surface area contributed by atoms with E-state index >= 15 is 0 Å². The van der Waals surface area contributed by atoms with Gasteiger partial charge in [0.1, 0.15) is 18.4 Å². The summed E-state index contributed by atoms with van der Waals surface area (Å²) in [5, 5.41) is 14.7. The number of rotatable bonds is 11. The predicted molar refractivity (Wildman–Crippen MR) is 99.1 cm³/mol. The van der Waals surface area contributed by atoms with Gasteiger partial charge in [0.25, 0.3) is 0 Å². The fourth-order valence-electron chi connectivity index (χ4n) is 2.25. The molecule has 9 heteroatoms. The minimum Gasteiger partial charge on any atom is -0.467 e. The lowest BCUT2D eigenvalue weighted by atomic mass is 10.1. The fourth-order valence-corrected chi connectivity index (χ4v) is 2.25. The summed E-state index contributed by atoms with van der Waals surface area (Å²) < 4.78 is 9.59. The van der Waals surface area contributed by atoms with Gasteiger partial charge in [0.2, 0.25) is 5.91 Å². The smallest absolute Gasteiger partial charge is 0.407 e. The topological polar surface area (TPSA) is 131 Å². The summed E-state index contributed by atoms with van der Waals surface area (Å²) in [6.07, 6.45) is -2.02. The Balaban J connectivity index is 2.34. The van der Waals surface area contributed by atoms with E-state index in [2.05, 4.69) is 15.4 Å². The molecule has 0 aromatic heterocycles. The molecule has 0 heterocycles. The van der Waals surface area contributed by atoms with Crippen LogP contribution in [0.4, 0.5) is 4.79 Å². The minimum atomic E-state index is -1.17. The Kier molecular flexibility index (Phi) is 10.3. The summed E-state index contributed by atoms with van der Waals surface area (Å²) in [7, 11) is 1.18. The molecule has 0 spiro atoms. The van der Waals surface area contributed by atoms with Crippen LogP contribution in [-0.2, 0) is 30.5 Å². The Morgan fingerprint density at radius 2 is 1.82 bits per heavy atom. The molecule has 1 rings (SSSR count). The third-order valence-corrected chi connectivity index (χ3v) is 3.72. The molecule has 0 aliphatic carbocycles. The highest BCUT2D eigenvalue weighted by Crippen LogP contribution is 2.03. The van der Waals surface area contributed by atoms with Crippen LogP contribution in [0.5, 0.6) is 0 Å². The van der Waals surface area contributed by atoms with Gasteiger partial charge in [-0.15, -0.1) is 0 Å². The van der Waals surface area contributed by atoms with E-state index < -0.39 is 30.1 Å². The SMILES string of the molecule is COC(=O)[C@@H](CCC(C)=O)NC(=O)C[C@H](O)CNC(=O)OCc1ccccc1. The van der Waals surface area contributed by atoms with E-state index in [9.17, 15) is 24.3 Å². The largest absolute Gasteiger partial charge is 0.467 e. The Morgan fingerprint density at radius 1 is 1.14 bits per heavy atom. The maximum Gasteiger partial charge on any atom is 0.407 e. The average molecular weight is 394 g/mol. The highest BCUT2D eigenvalue weighted by atomic mass is 16.5. The molecule has 2 amide bonds. The first kappa shape index (κ1) is 23.1. The number of carbonyl (C=O) groups is 4. The van der Waals surface area contributed by atoms with Gasteiger partial charge >= 0.3 is 12.1 Å². The summed E-state index contributed by atoms with van der Waals surface area (Å²) in [5.41, 5.74) is 0.817. The zero-order chi connectivity index (χ0) is 20.9. The quantitative estimate of drug-likeness (QED) is 0.471. The van der Waals surface area contributed by atoms with Gasteiger partial charge in [-0.25, -0.2) is 9.59 Å². The first-order valence-corrected chi connectivity index (χ1v) is 8.81. The summed E-state index contributed by atoms with van der Waals surface area (Å²) in [6, 6.07) is 8.11. The van der Waals surface area contributed by atoms with Crippen LogP contribution in [0, 0.1) is 0 Å². The highest BCUT2D eigenvalue weighted by molar-refractivity contribution is 5.85. The number of hydrogen-bond acceptors (Lipinski definition) is 7. The number of aliphatic hydroxyl groups is 1. The molecule has 0 aliphatic rings. The molecule has 3 N–H and O–H groups in total. The molecule has 0 aliphatic heterocycles. The lowest BCUT2D eigenvalue weighted by Crippen LogP contribution is -2.44. The third kappa shape index (κ3) is 9.67. The molecule has 1 aromatic carbocycles. The van der Waals surface area contributed by atoms with Crippen molar-refractivity contribution in [3.63, 3.8) is 0 Å². The van der Waals surface area contributed by atoms with Crippen LogP contribution in [0.25, 0.3) is 0 Å². The first-order chi connectivity index (χ1) is 13.3. The second-order valence-corrected chi connectivity index (χ2v) is 6.18. The zero-order valence-corrected chi connectivity index (χ0v) is 16.0. The van der Waals surface area contributed by atoms with Crippen molar-refractivity contribution >= 4 is 23.8 Å². The monoisotopic (exact) mass is 394 g/mol. The van der Waals surface area contributed by atoms with Gasteiger partial charge < -0.3 is 30.0 Å². The number of ether oxygens (including phenoxy) is 2. The van der Waals surface area contributed by atoms with Gasteiger partial charge in [0.05, 0.1) is 19.6 Å².